The van der Waals surface area contributed by atoms with Gasteiger partial charge in [-0.25, -0.2) is 0 Å². The van der Waals surface area contributed by atoms with Gasteiger partial charge in [0, 0.05) is 31.0 Å². The Morgan fingerprint density at radius 1 is 1.15 bits per heavy atom. The Kier molecular flexibility index (Phi) is 5.61. The van der Waals surface area contributed by atoms with Gasteiger partial charge in [0.25, 0.3) is 5.91 Å². The van der Waals surface area contributed by atoms with Crippen LogP contribution in [0.5, 0.6) is 5.75 Å². The molecule has 1 fully saturated rings. The van der Waals surface area contributed by atoms with E-state index in [1.165, 1.54) is 0 Å². The van der Waals surface area contributed by atoms with Crippen LogP contribution < -0.4 is 10.5 Å². The zero-order valence-electron chi connectivity index (χ0n) is 15.1. The van der Waals surface area contributed by atoms with E-state index >= 15 is 0 Å². The van der Waals surface area contributed by atoms with Crippen molar-refractivity contribution in [2.45, 2.75) is 31.7 Å². The van der Waals surface area contributed by atoms with Crippen LogP contribution in [0.15, 0.2) is 42.6 Å². The third-order valence-electron chi connectivity index (χ3n) is 4.90. The summed E-state index contributed by atoms with van der Waals surface area (Å²) in [5, 5.41) is 0. The minimum Gasteiger partial charge on any atom is -0.484 e. The number of hydrogen-bond donors (Lipinski definition) is 1. The smallest absolute Gasteiger partial charge is 0.261 e. The maximum atomic E-state index is 12.8. The lowest BCUT2D eigenvalue weighted by Gasteiger charge is -2.30. The SMILES string of the molecule is Cn1cccc1C1CCCCCN1C(=O)COc1ccc(C(N)=O)cc1. The fraction of sp³-hybridized carbons (Fsp3) is 0.400. The van der Waals surface area contributed by atoms with Gasteiger partial charge in [0.2, 0.25) is 5.91 Å². The predicted molar refractivity (Wildman–Crippen MR) is 98.8 cm³/mol. The van der Waals surface area contributed by atoms with Crippen LogP contribution in [0.2, 0.25) is 0 Å². The van der Waals surface area contributed by atoms with Gasteiger partial charge < -0.3 is 19.9 Å². The van der Waals surface area contributed by atoms with Crippen LogP contribution in [0.4, 0.5) is 0 Å². The van der Waals surface area contributed by atoms with Crippen LogP contribution in [0.1, 0.15) is 47.8 Å². The minimum atomic E-state index is -0.484. The van der Waals surface area contributed by atoms with Crippen molar-refractivity contribution in [1.82, 2.24) is 9.47 Å². The zero-order chi connectivity index (χ0) is 18.5. The Labute approximate surface area is 153 Å². The Balaban J connectivity index is 1.68. The van der Waals surface area contributed by atoms with E-state index in [-0.39, 0.29) is 18.6 Å². The molecule has 26 heavy (non-hydrogen) atoms. The number of likely N-dealkylation sites (tertiary alicyclic amines) is 1. The molecule has 0 bridgehead atoms. The molecule has 0 spiro atoms. The summed E-state index contributed by atoms with van der Waals surface area (Å²) in [6, 6.07) is 10.7. The number of primary amides is 1. The molecule has 1 aliphatic rings. The molecule has 2 heterocycles. The molecular formula is C20H25N3O3. The first kappa shape index (κ1) is 18.0. The van der Waals surface area contributed by atoms with Crippen molar-refractivity contribution in [1.29, 1.82) is 0 Å². The molecule has 138 valence electrons. The van der Waals surface area contributed by atoms with Crippen molar-refractivity contribution in [3.63, 3.8) is 0 Å². The molecule has 1 aliphatic heterocycles. The maximum absolute atomic E-state index is 12.8. The normalized spacial score (nSPS) is 17.6. The largest absolute Gasteiger partial charge is 0.484 e. The second-order valence-corrected chi connectivity index (χ2v) is 6.67. The fourth-order valence-electron chi connectivity index (χ4n) is 3.48. The van der Waals surface area contributed by atoms with E-state index in [0.29, 0.717) is 11.3 Å². The molecule has 0 saturated carbocycles. The van der Waals surface area contributed by atoms with Gasteiger partial charge in [-0.3, -0.25) is 9.59 Å². The van der Waals surface area contributed by atoms with E-state index in [0.717, 1.165) is 37.9 Å². The number of carbonyl (C=O) groups is 2. The topological polar surface area (TPSA) is 77.6 Å². The lowest BCUT2D eigenvalue weighted by atomic mass is 10.1. The van der Waals surface area contributed by atoms with E-state index in [4.69, 9.17) is 10.5 Å². The summed E-state index contributed by atoms with van der Waals surface area (Å²) in [6.45, 7) is 0.732. The van der Waals surface area contributed by atoms with Crippen molar-refractivity contribution in [3.05, 3.63) is 53.9 Å². The van der Waals surface area contributed by atoms with Gasteiger partial charge in [-0.05, 0) is 49.2 Å². The standard InChI is InChI=1S/C20H25N3O3/c1-22-12-5-7-17(22)18-6-3-2-4-13-23(18)19(24)14-26-16-10-8-15(9-11-16)20(21)25/h5,7-12,18H,2-4,6,13-14H2,1H3,(H2,21,25). The first-order valence-corrected chi connectivity index (χ1v) is 8.99. The van der Waals surface area contributed by atoms with Crippen LogP contribution in [-0.2, 0) is 11.8 Å². The summed E-state index contributed by atoms with van der Waals surface area (Å²) in [4.78, 5) is 25.9. The Hall–Kier alpha value is -2.76. The fourth-order valence-corrected chi connectivity index (χ4v) is 3.48. The predicted octanol–water partition coefficient (Wildman–Crippen LogP) is 2.65. The Morgan fingerprint density at radius 3 is 2.58 bits per heavy atom. The number of nitrogens with zero attached hydrogens (tertiary/aromatic N) is 2. The van der Waals surface area contributed by atoms with Crippen molar-refractivity contribution in [2.24, 2.45) is 12.8 Å². The number of rotatable bonds is 5. The van der Waals surface area contributed by atoms with Gasteiger partial charge in [0.05, 0.1) is 6.04 Å². The molecule has 3 rings (SSSR count). The van der Waals surface area contributed by atoms with E-state index in [9.17, 15) is 9.59 Å². The molecule has 2 amide bonds. The summed E-state index contributed by atoms with van der Waals surface area (Å²) in [5.41, 5.74) is 6.80. The Morgan fingerprint density at radius 2 is 1.92 bits per heavy atom. The van der Waals surface area contributed by atoms with Crippen LogP contribution in [-0.4, -0.2) is 34.4 Å². The van der Waals surface area contributed by atoms with Gasteiger partial charge in [0.15, 0.2) is 6.61 Å². The van der Waals surface area contributed by atoms with Crippen molar-refractivity contribution in [3.8, 4) is 5.75 Å². The summed E-state index contributed by atoms with van der Waals surface area (Å²) in [5.74, 6) is 0.0493. The molecule has 2 aromatic rings. The first-order chi connectivity index (χ1) is 12.6. The van der Waals surface area contributed by atoms with E-state index < -0.39 is 5.91 Å². The van der Waals surface area contributed by atoms with Gasteiger partial charge in [-0.1, -0.05) is 12.8 Å². The highest BCUT2D eigenvalue weighted by molar-refractivity contribution is 5.92. The van der Waals surface area contributed by atoms with Crippen molar-refractivity contribution in [2.75, 3.05) is 13.2 Å². The second-order valence-electron chi connectivity index (χ2n) is 6.67. The number of carbonyl (C=O) groups excluding carboxylic acids is 2. The van der Waals surface area contributed by atoms with E-state index in [1.807, 2.05) is 24.2 Å². The summed E-state index contributed by atoms with van der Waals surface area (Å²) in [7, 11) is 2.01. The molecule has 1 aromatic carbocycles. The van der Waals surface area contributed by atoms with Gasteiger partial charge >= 0.3 is 0 Å². The first-order valence-electron chi connectivity index (χ1n) is 8.99. The van der Waals surface area contributed by atoms with E-state index in [1.54, 1.807) is 24.3 Å². The maximum Gasteiger partial charge on any atom is 0.261 e. The van der Waals surface area contributed by atoms with Crippen LogP contribution >= 0.6 is 0 Å². The van der Waals surface area contributed by atoms with Crippen LogP contribution in [0.3, 0.4) is 0 Å². The monoisotopic (exact) mass is 355 g/mol. The molecule has 2 N–H and O–H groups in total. The quantitative estimate of drug-likeness (QED) is 0.896. The summed E-state index contributed by atoms with van der Waals surface area (Å²) < 4.78 is 7.73. The number of amides is 2. The minimum absolute atomic E-state index is 0.0166. The molecule has 1 saturated heterocycles. The third-order valence-corrected chi connectivity index (χ3v) is 4.90. The number of aryl methyl sites for hydroxylation is 1. The van der Waals surface area contributed by atoms with Gasteiger partial charge in [-0.2, -0.15) is 0 Å². The van der Waals surface area contributed by atoms with Crippen LogP contribution in [0.25, 0.3) is 0 Å². The molecule has 6 heteroatoms. The third kappa shape index (κ3) is 4.07. The number of benzene rings is 1. The van der Waals surface area contributed by atoms with Crippen molar-refractivity contribution < 1.29 is 14.3 Å². The summed E-state index contributed by atoms with van der Waals surface area (Å²) in [6.07, 6.45) is 6.26. The molecule has 6 nitrogen and oxygen atoms in total. The number of hydrogen-bond acceptors (Lipinski definition) is 3. The molecule has 0 aliphatic carbocycles. The highest BCUT2D eigenvalue weighted by atomic mass is 16.5. The number of ether oxygens (including phenoxy) is 1. The average Bonchev–Trinajstić information content (AvgIpc) is 2.92. The lowest BCUT2D eigenvalue weighted by molar-refractivity contribution is -0.136. The molecule has 1 unspecified atom stereocenters. The van der Waals surface area contributed by atoms with Crippen LogP contribution in [0, 0.1) is 0 Å². The van der Waals surface area contributed by atoms with Crippen molar-refractivity contribution >= 4 is 11.8 Å². The zero-order valence-corrected chi connectivity index (χ0v) is 15.1. The van der Waals surface area contributed by atoms with E-state index in [2.05, 4.69) is 10.6 Å². The second kappa shape index (κ2) is 8.08. The number of aromatic nitrogens is 1. The molecule has 1 atom stereocenters. The molecule has 0 radical (unpaired) electrons. The number of nitrogens with two attached hydrogens (primary N) is 1. The summed E-state index contributed by atoms with van der Waals surface area (Å²) >= 11 is 0. The van der Waals surface area contributed by atoms with Gasteiger partial charge in [-0.15, -0.1) is 0 Å². The molecular weight excluding hydrogens is 330 g/mol. The highest BCUT2D eigenvalue weighted by Gasteiger charge is 2.28. The Bertz CT molecular complexity index is 767. The van der Waals surface area contributed by atoms with Gasteiger partial charge in [0.1, 0.15) is 5.75 Å². The molecule has 1 aromatic heterocycles. The highest BCUT2D eigenvalue weighted by Crippen LogP contribution is 2.30. The lowest BCUT2D eigenvalue weighted by Crippen LogP contribution is -2.38. The average molecular weight is 355 g/mol.